The predicted octanol–water partition coefficient (Wildman–Crippen LogP) is 3.18. The molecule has 7 nitrogen and oxygen atoms in total. The van der Waals surface area contributed by atoms with Gasteiger partial charge in [0.2, 0.25) is 17.7 Å². The second-order valence-electron chi connectivity index (χ2n) is 11.0. The van der Waals surface area contributed by atoms with Crippen LogP contribution in [0.25, 0.3) is 6.08 Å². The van der Waals surface area contributed by atoms with E-state index in [1.807, 2.05) is 67.7 Å². The third kappa shape index (κ3) is 5.77. The molecular weight excluding hydrogens is 464 g/mol. The molecule has 7 heteroatoms. The van der Waals surface area contributed by atoms with E-state index in [1.165, 1.54) is 0 Å². The minimum Gasteiger partial charge on any atom is -0.345 e. The van der Waals surface area contributed by atoms with Crippen molar-refractivity contribution in [3.63, 3.8) is 0 Å². The molecule has 3 amide bonds. The van der Waals surface area contributed by atoms with Gasteiger partial charge in [-0.15, -0.1) is 0 Å². The van der Waals surface area contributed by atoms with Gasteiger partial charge in [0.15, 0.2) is 0 Å². The largest absolute Gasteiger partial charge is 0.345 e. The zero-order valence-electron chi connectivity index (χ0n) is 22.0. The molecule has 196 valence electrons. The number of nitrogens with one attached hydrogen (secondary N) is 1. The number of carbonyl (C=O) groups is 3. The Hall–Kier alpha value is -3.45. The standard InChI is InChI=1S/C30H38N4O3/c1-29(2,31)27(36)32-25(17-10-14-22-12-6-4-7-13-22)26(35)34-19-11-18-30(21-34)24(20-33(3)28(30)37)23-15-8-5-9-16-23/h4-10,12-16,24-25H,11,17-21,31H2,1-3H3,(H,32,36)/b14-10-/t24-,25+,30-/m0/s1. The average molecular weight is 503 g/mol. The van der Waals surface area contributed by atoms with E-state index < -0.39 is 17.0 Å². The summed E-state index contributed by atoms with van der Waals surface area (Å²) >= 11 is 0. The number of amides is 3. The molecule has 0 radical (unpaired) electrons. The molecule has 0 unspecified atom stereocenters. The Morgan fingerprint density at radius 2 is 1.78 bits per heavy atom. The molecule has 2 aromatic carbocycles. The molecule has 2 aliphatic heterocycles. The van der Waals surface area contributed by atoms with E-state index in [9.17, 15) is 14.4 Å². The first-order valence-electron chi connectivity index (χ1n) is 13.0. The number of nitrogens with zero attached hydrogens (tertiary/aromatic N) is 2. The van der Waals surface area contributed by atoms with E-state index in [1.54, 1.807) is 23.6 Å². The molecule has 1 spiro atoms. The molecule has 0 aromatic heterocycles. The van der Waals surface area contributed by atoms with Crippen LogP contribution in [0.4, 0.5) is 0 Å². The van der Waals surface area contributed by atoms with Crippen LogP contribution >= 0.6 is 0 Å². The number of nitrogens with two attached hydrogens (primary N) is 1. The highest BCUT2D eigenvalue weighted by molar-refractivity contribution is 5.93. The first-order chi connectivity index (χ1) is 17.6. The molecule has 0 aliphatic carbocycles. The average Bonchev–Trinajstić information content (AvgIpc) is 3.13. The molecule has 37 heavy (non-hydrogen) atoms. The normalized spacial score (nSPS) is 23.0. The summed E-state index contributed by atoms with van der Waals surface area (Å²) < 4.78 is 0. The number of likely N-dealkylation sites (N-methyl/N-ethyl adjacent to an activating group) is 1. The summed E-state index contributed by atoms with van der Waals surface area (Å²) in [6, 6.07) is 19.2. The summed E-state index contributed by atoms with van der Waals surface area (Å²) in [5.41, 5.74) is 6.39. The Kier molecular flexibility index (Phi) is 7.83. The second kappa shape index (κ2) is 10.9. The van der Waals surface area contributed by atoms with Crippen molar-refractivity contribution in [3.8, 4) is 0 Å². The zero-order chi connectivity index (χ0) is 26.6. The monoisotopic (exact) mass is 502 g/mol. The van der Waals surface area contributed by atoms with Crippen LogP contribution in [0.3, 0.4) is 0 Å². The van der Waals surface area contributed by atoms with Crippen LogP contribution in [-0.2, 0) is 14.4 Å². The summed E-state index contributed by atoms with van der Waals surface area (Å²) in [6.07, 6.45) is 5.65. The maximum atomic E-state index is 13.9. The van der Waals surface area contributed by atoms with Gasteiger partial charge in [0.25, 0.3) is 0 Å². The molecule has 2 fully saturated rings. The van der Waals surface area contributed by atoms with Crippen LogP contribution in [0.1, 0.15) is 50.2 Å². The number of hydrogen-bond acceptors (Lipinski definition) is 4. The summed E-state index contributed by atoms with van der Waals surface area (Å²) in [4.78, 5) is 43.8. The number of benzene rings is 2. The smallest absolute Gasteiger partial charge is 0.245 e. The lowest BCUT2D eigenvalue weighted by molar-refractivity contribution is -0.145. The lowest BCUT2D eigenvalue weighted by Crippen LogP contribution is -2.59. The summed E-state index contributed by atoms with van der Waals surface area (Å²) in [5.74, 6) is -0.463. The van der Waals surface area contributed by atoms with Crippen LogP contribution in [0.15, 0.2) is 66.7 Å². The number of likely N-dealkylation sites (tertiary alicyclic amines) is 2. The highest BCUT2D eigenvalue weighted by Crippen LogP contribution is 2.49. The fourth-order valence-electron chi connectivity index (χ4n) is 5.59. The Bertz CT molecular complexity index is 1140. The van der Waals surface area contributed by atoms with E-state index in [2.05, 4.69) is 17.4 Å². The number of carbonyl (C=O) groups excluding carboxylic acids is 3. The third-order valence-corrected chi connectivity index (χ3v) is 7.60. The van der Waals surface area contributed by atoms with Crippen molar-refractivity contribution in [2.75, 3.05) is 26.7 Å². The first-order valence-corrected chi connectivity index (χ1v) is 13.0. The van der Waals surface area contributed by atoms with E-state index >= 15 is 0 Å². The van der Waals surface area contributed by atoms with Crippen molar-refractivity contribution in [1.82, 2.24) is 15.1 Å². The second-order valence-corrected chi connectivity index (χ2v) is 11.0. The summed E-state index contributed by atoms with van der Waals surface area (Å²) in [5, 5.41) is 2.88. The van der Waals surface area contributed by atoms with Crippen molar-refractivity contribution in [1.29, 1.82) is 0 Å². The predicted molar refractivity (Wildman–Crippen MR) is 145 cm³/mol. The number of hydrogen-bond donors (Lipinski definition) is 2. The van der Waals surface area contributed by atoms with Crippen molar-refractivity contribution in [3.05, 3.63) is 77.9 Å². The SMILES string of the molecule is CN1C[C@@H](c2ccccc2)[C@@]2(CCCN(C(=O)[C@@H](C/C=C\c3ccccc3)NC(=O)C(C)(C)N)C2)C1=O. The van der Waals surface area contributed by atoms with Gasteiger partial charge in [0, 0.05) is 32.6 Å². The topological polar surface area (TPSA) is 95.7 Å². The van der Waals surface area contributed by atoms with Crippen molar-refractivity contribution in [2.45, 2.75) is 50.6 Å². The maximum absolute atomic E-state index is 13.9. The van der Waals surface area contributed by atoms with Gasteiger partial charge in [-0.25, -0.2) is 0 Å². The highest BCUT2D eigenvalue weighted by Gasteiger charge is 2.55. The molecule has 2 aromatic rings. The third-order valence-electron chi connectivity index (χ3n) is 7.60. The highest BCUT2D eigenvalue weighted by atomic mass is 16.2. The van der Waals surface area contributed by atoms with Crippen LogP contribution in [0.2, 0.25) is 0 Å². The lowest BCUT2D eigenvalue weighted by atomic mass is 9.69. The van der Waals surface area contributed by atoms with Crippen LogP contribution in [-0.4, -0.2) is 65.8 Å². The van der Waals surface area contributed by atoms with Crippen LogP contribution in [0, 0.1) is 5.41 Å². The van der Waals surface area contributed by atoms with Crippen LogP contribution < -0.4 is 11.1 Å². The van der Waals surface area contributed by atoms with Gasteiger partial charge in [0.05, 0.1) is 11.0 Å². The van der Waals surface area contributed by atoms with E-state index in [0.717, 1.165) is 24.0 Å². The Labute approximate surface area is 219 Å². The molecule has 3 N–H and O–H groups in total. The minimum absolute atomic E-state index is 0.00999. The molecule has 0 bridgehead atoms. The Morgan fingerprint density at radius 1 is 1.14 bits per heavy atom. The lowest BCUT2D eigenvalue weighted by Gasteiger charge is -2.43. The molecule has 4 rings (SSSR count). The van der Waals surface area contributed by atoms with E-state index in [4.69, 9.17) is 5.73 Å². The van der Waals surface area contributed by atoms with Gasteiger partial charge in [-0.3, -0.25) is 14.4 Å². The fourth-order valence-corrected chi connectivity index (χ4v) is 5.59. The first kappa shape index (κ1) is 26.6. The van der Waals surface area contributed by atoms with Gasteiger partial charge in [-0.05, 0) is 44.2 Å². The number of rotatable bonds is 7. The summed E-state index contributed by atoms with van der Waals surface area (Å²) in [7, 11) is 1.84. The number of piperidine rings is 1. The molecule has 2 aliphatic rings. The van der Waals surface area contributed by atoms with Gasteiger partial charge < -0.3 is 20.9 Å². The molecule has 3 atom stereocenters. The van der Waals surface area contributed by atoms with Gasteiger partial charge in [-0.1, -0.05) is 72.8 Å². The molecule has 2 saturated heterocycles. The van der Waals surface area contributed by atoms with Gasteiger partial charge in [-0.2, -0.15) is 0 Å². The van der Waals surface area contributed by atoms with Crippen LogP contribution in [0.5, 0.6) is 0 Å². The zero-order valence-corrected chi connectivity index (χ0v) is 22.0. The van der Waals surface area contributed by atoms with E-state index in [-0.39, 0.29) is 23.6 Å². The maximum Gasteiger partial charge on any atom is 0.245 e. The molecule has 0 saturated carbocycles. The Balaban J connectivity index is 1.58. The van der Waals surface area contributed by atoms with Gasteiger partial charge >= 0.3 is 0 Å². The van der Waals surface area contributed by atoms with Crippen molar-refractivity contribution < 1.29 is 14.4 Å². The van der Waals surface area contributed by atoms with E-state index in [0.29, 0.717) is 26.1 Å². The van der Waals surface area contributed by atoms with Crippen molar-refractivity contribution in [2.24, 2.45) is 11.1 Å². The molecule has 2 heterocycles. The van der Waals surface area contributed by atoms with Gasteiger partial charge in [0.1, 0.15) is 6.04 Å². The van der Waals surface area contributed by atoms with Crippen molar-refractivity contribution >= 4 is 23.8 Å². The Morgan fingerprint density at radius 3 is 2.43 bits per heavy atom. The fraction of sp³-hybridized carbons (Fsp3) is 0.433. The molecular formula is C30H38N4O3. The summed E-state index contributed by atoms with van der Waals surface area (Å²) in [6.45, 7) is 4.77. The minimum atomic E-state index is -1.12. The quantitative estimate of drug-likeness (QED) is 0.608.